The van der Waals surface area contributed by atoms with Crippen LogP contribution in [0.15, 0.2) is 58.1 Å². The van der Waals surface area contributed by atoms with E-state index in [-0.39, 0.29) is 0 Å². The van der Waals surface area contributed by atoms with Crippen LogP contribution < -0.4 is 10.5 Å². The van der Waals surface area contributed by atoms with Gasteiger partial charge in [0.1, 0.15) is 5.58 Å². The molecule has 1 unspecified atom stereocenters. The molecule has 0 spiro atoms. The summed E-state index contributed by atoms with van der Waals surface area (Å²) in [5.41, 5.74) is 2.25. The number of imidazole rings is 1. The Morgan fingerprint density at radius 3 is 2.96 bits per heavy atom. The molecule has 7 heteroatoms. The van der Waals surface area contributed by atoms with Crippen LogP contribution >= 0.6 is 0 Å². The second-order valence-electron chi connectivity index (χ2n) is 7.44. The largest absolute Gasteiger partial charge is 0.422 e. The summed E-state index contributed by atoms with van der Waals surface area (Å²) in [5, 5.41) is 0.875. The van der Waals surface area contributed by atoms with E-state index in [2.05, 4.69) is 39.9 Å². The molecule has 1 saturated heterocycles. The number of anilines is 1. The summed E-state index contributed by atoms with van der Waals surface area (Å²) in [6.07, 6.45) is 6.45. The Labute approximate surface area is 161 Å². The molecule has 0 saturated carbocycles. The van der Waals surface area contributed by atoms with Crippen LogP contribution in [0.2, 0.25) is 0 Å². The first kappa shape index (κ1) is 16.9. The first-order valence-electron chi connectivity index (χ1n) is 9.38. The number of nitrogens with zero attached hydrogens (tertiary/aromatic N) is 5. The summed E-state index contributed by atoms with van der Waals surface area (Å²) in [5.74, 6) is 0.551. The predicted molar refractivity (Wildman–Crippen MR) is 109 cm³/mol. The lowest BCUT2D eigenvalue weighted by Gasteiger charge is -2.26. The van der Waals surface area contributed by atoms with Gasteiger partial charge in [-0.15, -0.1) is 0 Å². The molecular formula is C21H21N5O2. The van der Waals surface area contributed by atoms with Gasteiger partial charge in [0.05, 0.1) is 11.3 Å². The van der Waals surface area contributed by atoms with Gasteiger partial charge < -0.3 is 14.2 Å². The van der Waals surface area contributed by atoms with Gasteiger partial charge >= 0.3 is 5.63 Å². The van der Waals surface area contributed by atoms with Gasteiger partial charge in [0.15, 0.2) is 0 Å². The third kappa shape index (κ3) is 2.84. The molecule has 5 rings (SSSR count). The summed E-state index contributed by atoms with van der Waals surface area (Å²) >= 11 is 0. The van der Waals surface area contributed by atoms with Crippen LogP contribution in [0.4, 0.5) is 5.69 Å². The molecule has 142 valence electrons. The van der Waals surface area contributed by atoms with E-state index in [0.29, 0.717) is 28.7 Å². The standard InChI is InChI=1S/C21H21N5O2/c1-24-9-6-16(12-24)25(2)15-5-4-14-10-17(20(27)28-19(14)11-15)18-13-26-8-3-7-22-21(26)23-18/h3-5,7-8,10-11,13,16H,6,9,12H2,1-2H3. The summed E-state index contributed by atoms with van der Waals surface area (Å²) in [7, 11) is 4.24. The fourth-order valence-corrected chi connectivity index (χ4v) is 3.90. The molecule has 1 aliphatic heterocycles. The zero-order chi connectivity index (χ0) is 19.3. The second-order valence-corrected chi connectivity index (χ2v) is 7.44. The molecule has 1 aromatic carbocycles. The lowest BCUT2D eigenvalue weighted by molar-refractivity contribution is 0.409. The number of hydrogen-bond acceptors (Lipinski definition) is 6. The van der Waals surface area contributed by atoms with Crippen LogP contribution in [0.25, 0.3) is 28.0 Å². The van der Waals surface area contributed by atoms with Crippen LogP contribution in [-0.4, -0.2) is 52.5 Å². The van der Waals surface area contributed by atoms with E-state index in [4.69, 9.17) is 4.42 Å². The molecule has 7 nitrogen and oxygen atoms in total. The minimum atomic E-state index is -0.392. The highest BCUT2D eigenvalue weighted by Crippen LogP contribution is 2.27. The smallest absolute Gasteiger partial charge is 0.345 e. The maximum Gasteiger partial charge on any atom is 0.345 e. The quantitative estimate of drug-likeness (QED) is 0.513. The molecule has 4 aromatic rings. The summed E-state index contributed by atoms with van der Waals surface area (Å²) in [6, 6.07) is 10.2. The molecule has 0 N–H and O–H groups in total. The summed E-state index contributed by atoms with van der Waals surface area (Å²) in [6.45, 7) is 2.15. The minimum Gasteiger partial charge on any atom is -0.422 e. The van der Waals surface area contributed by atoms with Crippen molar-refractivity contribution in [1.82, 2.24) is 19.3 Å². The normalized spacial score (nSPS) is 17.6. The van der Waals surface area contributed by atoms with Gasteiger partial charge in [0.25, 0.3) is 0 Å². The third-order valence-electron chi connectivity index (χ3n) is 5.55. The average Bonchev–Trinajstić information content (AvgIpc) is 3.32. The Morgan fingerprint density at radius 2 is 2.18 bits per heavy atom. The predicted octanol–water partition coefficient (Wildman–Crippen LogP) is 2.64. The van der Waals surface area contributed by atoms with Gasteiger partial charge in [-0.1, -0.05) is 0 Å². The first-order chi connectivity index (χ1) is 13.6. The Bertz CT molecular complexity index is 1200. The summed E-state index contributed by atoms with van der Waals surface area (Å²) < 4.78 is 7.44. The number of benzene rings is 1. The van der Waals surface area contributed by atoms with Crippen molar-refractivity contribution in [3.8, 4) is 11.3 Å². The highest BCUT2D eigenvalue weighted by Gasteiger charge is 2.24. The second kappa shape index (κ2) is 6.45. The Kier molecular flexibility index (Phi) is 3.91. The van der Waals surface area contributed by atoms with Gasteiger partial charge in [-0.3, -0.25) is 4.40 Å². The van der Waals surface area contributed by atoms with Crippen LogP contribution in [-0.2, 0) is 0 Å². The molecule has 0 aliphatic carbocycles. The molecule has 3 aromatic heterocycles. The van der Waals surface area contributed by atoms with Gasteiger partial charge in [-0.05, 0) is 44.3 Å². The van der Waals surface area contributed by atoms with Crippen molar-refractivity contribution in [2.24, 2.45) is 0 Å². The van der Waals surface area contributed by atoms with Gasteiger partial charge in [-0.2, -0.15) is 0 Å². The van der Waals surface area contributed by atoms with Crippen LogP contribution in [0, 0.1) is 0 Å². The van der Waals surface area contributed by atoms with E-state index >= 15 is 0 Å². The number of likely N-dealkylation sites (N-methyl/N-ethyl adjacent to an activating group) is 2. The molecule has 0 amide bonds. The number of fused-ring (bicyclic) bond motifs is 2. The first-order valence-corrected chi connectivity index (χ1v) is 9.38. The maximum atomic E-state index is 12.6. The minimum absolute atomic E-state index is 0.392. The lowest BCUT2D eigenvalue weighted by Crippen LogP contribution is -2.33. The third-order valence-corrected chi connectivity index (χ3v) is 5.55. The number of aromatic nitrogens is 3. The molecule has 1 atom stereocenters. The summed E-state index contributed by atoms with van der Waals surface area (Å²) in [4.78, 5) is 25.9. The van der Waals surface area contributed by atoms with Crippen LogP contribution in [0.3, 0.4) is 0 Å². The SMILES string of the molecule is CN1CCC(N(C)c2ccc3cc(-c4cn5cccnc5n4)c(=O)oc3c2)C1. The molecule has 1 aliphatic rings. The van der Waals surface area contributed by atoms with E-state index in [1.807, 2.05) is 30.5 Å². The van der Waals surface area contributed by atoms with E-state index in [9.17, 15) is 4.79 Å². The number of likely N-dealkylation sites (tertiary alicyclic amines) is 1. The number of rotatable bonds is 3. The van der Waals surface area contributed by atoms with Crippen LogP contribution in [0.1, 0.15) is 6.42 Å². The molecule has 0 radical (unpaired) electrons. The van der Waals surface area contributed by atoms with Crippen molar-refractivity contribution in [3.05, 3.63) is 59.3 Å². The van der Waals surface area contributed by atoms with E-state index in [1.165, 1.54) is 0 Å². The fourth-order valence-electron chi connectivity index (χ4n) is 3.90. The van der Waals surface area contributed by atoms with Crippen molar-refractivity contribution in [1.29, 1.82) is 0 Å². The van der Waals surface area contributed by atoms with Crippen molar-refractivity contribution in [2.45, 2.75) is 12.5 Å². The Morgan fingerprint density at radius 1 is 1.29 bits per heavy atom. The van der Waals surface area contributed by atoms with Crippen molar-refractivity contribution >= 4 is 22.4 Å². The topological polar surface area (TPSA) is 66.9 Å². The molecule has 0 bridgehead atoms. The van der Waals surface area contributed by atoms with E-state index in [0.717, 1.165) is 30.6 Å². The number of hydrogen-bond donors (Lipinski definition) is 0. The van der Waals surface area contributed by atoms with Gasteiger partial charge in [0, 0.05) is 55.4 Å². The maximum absolute atomic E-state index is 12.6. The molecule has 28 heavy (non-hydrogen) atoms. The van der Waals surface area contributed by atoms with Crippen LogP contribution in [0.5, 0.6) is 0 Å². The molecule has 4 heterocycles. The highest BCUT2D eigenvalue weighted by molar-refractivity contribution is 5.84. The van der Waals surface area contributed by atoms with E-state index in [1.54, 1.807) is 16.8 Å². The average molecular weight is 375 g/mol. The molecule has 1 fully saturated rings. The fraction of sp³-hybridized carbons (Fsp3) is 0.286. The zero-order valence-corrected chi connectivity index (χ0v) is 15.9. The van der Waals surface area contributed by atoms with Crippen molar-refractivity contribution < 1.29 is 4.42 Å². The lowest BCUT2D eigenvalue weighted by atomic mass is 10.1. The van der Waals surface area contributed by atoms with Crippen molar-refractivity contribution in [3.63, 3.8) is 0 Å². The van der Waals surface area contributed by atoms with Gasteiger partial charge in [-0.25, -0.2) is 14.8 Å². The molecular weight excluding hydrogens is 354 g/mol. The monoisotopic (exact) mass is 375 g/mol. The van der Waals surface area contributed by atoms with Gasteiger partial charge in [0.2, 0.25) is 5.78 Å². The van der Waals surface area contributed by atoms with Crippen molar-refractivity contribution in [2.75, 3.05) is 32.1 Å². The highest BCUT2D eigenvalue weighted by atomic mass is 16.4. The Hall–Kier alpha value is -3.19. The zero-order valence-electron chi connectivity index (χ0n) is 15.9. The Balaban J connectivity index is 1.53. The van der Waals surface area contributed by atoms with E-state index < -0.39 is 5.63 Å².